The Morgan fingerprint density at radius 3 is 1.76 bits per heavy atom. The summed E-state index contributed by atoms with van der Waals surface area (Å²) >= 11 is 0. The van der Waals surface area contributed by atoms with Crippen molar-refractivity contribution in [3.63, 3.8) is 0 Å². The van der Waals surface area contributed by atoms with Gasteiger partial charge in [0, 0.05) is 6.04 Å². The van der Waals surface area contributed by atoms with Crippen molar-refractivity contribution >= 4 is 0 Å². The van der Waals surface area contributed by atoms with Gasteiger partial charge in [0.05, 0.1) is 0 Å². The summed E-state index contributed by atoms with van der Waals surface area (Å²) in [6, 6.07) is 0.751. The van der Waals surface area contributed by atoms with Crippen LogP contribution in [0, 0.1) is 5.92 Å². The first-order valence-electron chi connectivity index (χ1n) is 7.97. The van der Waals surface area contributed by atoms with E-state index in [1.54, 1.807) is 0 Å². The molecular formula is C16H35N. The van der Waals surface area contributed by atoms with Gasteiger partial charge in [-0.3, -0.25) is 0 Å². The van der Waals surface area contributed by atoms with E-state index in [-0.39, 0.29) is 0 Å². The third-order valence-electron chi connectivity index (χ3n) is 4.11. The lowest BCUT2D eigenvalue weighted by Gasteiger charge is -2.24. The molecule has 0 spiro atoms. The average Bonchev–Trinajstić information content (AvgIpc) is 2.36. The highest BCUT2D eigenvalue weighted by Gasteiger charge is 2.15. The second kappa shape index (κ2) is 12.4. The molecule has 1 unspecified atom stereocenters. The predicted molar refractivity (Wildman–Crippen MR) is 79.5 cm³/mol. The van der Waals surface area contributed by atoms with Gasteiger partial charge in [-0.25, -0.2) is 0 Å². The second-order valence-corrected chi connectivity index (χ2v) is 5.38. The van der Waals surface area contributed by atoms with Gasteiger partial charge in [-0.05, 0) is 19.4 Å². The monoisotopic (exact) mass is 241 g/mol. The van der Waals surface area contributed by atoms with Crippen molar-refractivity contribution in [1.29, 1.82) is 0 Å². The standard InChI is InChI=1S/C16H35N/c1-5-8-9-10-11-12-13-14-16(17-4)15(6-2)7-3/h15-17H,5-14H2,1-4H3. The van der Waals surface area contributed by atoms with Crippen LogP contribution in [0.3, 0.4) is 0 Å². The molecule has 0 aromatic heterocycles. The fourth-order valence-corrected chi connectivity index (χ4v) is 2.79. The van der Waals surface area contributed by atoms with Crippen LogP contribution in [0.4, 0.5) is 0 Å². The van der Waals surface area contributed by atoms with Crippen LogP contribution in [0.2, 0.25) is 0 Å². The van der Waals surface area contributed by atoms with Gasteiger partial charge in [-0.15, -0.1) is 0 Å². The zero-order valence-electron chi connectivity index (χ0n) is 12.7. The van der Waals surface area contributed by atoms with Crippen molar-refractivity contribution in [3.8, 4) is 0 Å². The van der Waals surface area contributed by atoms with Crippen LogP contribution < -0.4 is 5.32 Å². The highest BCUT2D eigenvalue weighted by Crippen LogP contribution is 2.18. The van der Waals surface area contributed by atoms with Gasteiger partial charge < -0.3 is 5.32 Å². The fourth-order valence-electron chi connectivity index (χ4n) is 2.79. The lowest BCUT2D eigenvalue weighted by atomic mass is 9.90. The minimum Gasteiger partial charge on any atom is -0.317 e. The first kappa shape index (κ1) is 17.0. The van der Waals surface area contributed by atoms with Crippen LogP contribution in [0.5, 0.6) is 0 Å². The third-order valence-corrected chi connectivity index (χ3v) is 4.11. The summed E-state index contributed by atoms with van der Waals surface area (Å²) in [5.41, 5.74) is 0. The first-order valence-corrected chi connectivity index (χ1v) is 7.97. The molecule has 0 aliphatic heterocycles. The maximum absolute atomic E-state index is 3.52. The topological polar surface area (TPSA) is 12.0 Å². The summed E-state index contributed by atoms with van der Waals surface area (Å²) in [4.78, 5) is 0. The molecule has 0 amide bonds. The summed E-state index contributed by atoms with van der Waals surface area (Å²) in [5, 5.41) is 3.52. The van der Waals surface area contributed by atoms with E-state index in [2.05, 4.69) is 33.1 Å². The van der Waals surface area contributed by atoms with E-state index in [1.165, 1.54) is 64.2 Å². The molecule has 1 heteroatoms. The van der Waals surface area contributed by atoms with E-state index >= 15 is 0 Å². The number of nitrogens with one attached hydrogen (secondary N) is 1. The molecule has 0 radical (unpaired) electrons. The predicted octanol–water partition coefficient (Wildman–Crippen LogP) is 5.15. The smallest absolute Gasteiger partial charge is 0.00921 e. The van der Waals surface area contributed by atoms with E-state index in [9.17, 15) is 0 Å². The summed E-state index contributed by atoms with van der Waals surface area (Å²) in [6.07, 6.45) is 14.0. The van der Waals surface area contributed by atoms with Crippen LogP contribution in [-0.2, 0) is 0 Å². The largest absolute Gasteiger partial charge is 0.317 e. The van der Waals surface area contributed by atoms with Gasteiger partial charge in [0.15, 0.2) is 0 Å². The van der Waals surface area contributed by atoms with E-state index < -0.39 is 0 Å². The van der Waals surface area contributed by atoms with Gasteiger partial charge >= 0.3 is 0 Å². The minimum absolute atomic E-state index is 0.751. The van der Waals surface area contributed by atoms with Crippen molar-refractivity contribution in [3.05, 3.63) is 0 Å². The van der Waals surface area contributed by atoms with Crippen molar-refractivity contribution in [2.75, 3.05) is 7.05 Å². The van der Waals surface area contributed by atoms with Crippen LogP contribution in [-0.4, -0.2) is 13.1 Å². The Kier molecular flexibility index (Phi) is 12.4. The van der Waals surface area contributed by atoms with Gasteiger partial charge in [0.1, 0.15) is 0 Å². The average molecular weight is 241 g/mol. The molecule has 0 fully saturated rings. The Morgan fingerprint density at radius 1 is 0.765 bits per heavy atom. The molecule has 0 saturated carbocycles. The number of hydrogen-bond acceptors (Lipinski definition) is 1. The normalized spacial score (nSPS) is 13.2. The molecule has 0 saturated heterocycles. The maximum atomic E-state index is 3.52. The Hall–Kier alpha value is -0.0400. The van der Waals surface area contributed by atoms with Crippen LogP contribution in [0.15, 0.2) is 0 Å². The lowest BCUT2D eigenvalue weighted by molar-refractivity contribution is 0.325. The molecular weight excluding hydrogens is 206 g/mol. The van der Waals surface area contributed by atoms with Crippen molar-refractivity contribution in [2.24, 2.45) is 5.92 Å². The molecule has 0 aromatic rings. The van der Waals surface area contributed by atoms with Crippen LogP contribution >= 0.6 is 0 Å². The Balaban J connectivity index is 3.49. The molecule has 104 valence electrons. The summed E-state index contributed by atoms with van der Waals surface area (Å²) in [6.45, 7) is 6.93. The fraction of sp³-hybridized carbons (Fsp3) is 1.00. The molecule has 0 bridgehead atoms. The van der Waals surface area contributed by atoms with Gasteiger partial charge in [-0.2, -0.15) is 0 Å². The molecule has 0 heterocycles. The molecule has 1 nitrogen and oxygen atoms in total. The molecule has 0 rings (SSSR count). The third kappa shape index (κ3) is 8.65. The number of unbranched alkanes of at least 4 members (excludes halogenated alkanes) is 6. The van der Waals surface area contributed by atoms with Gasteiger partial charge in [0.2, 0.25) is 0 Å². The zero-order valence-corrected chi connectivity index (χ0v) is 12.7. The minimum atomic E-state index is 0.751. The Labute approximate surface area is 110 Å². The first-order chi connectivity index (χ1) is 8.29. The number of rotatable bonds is 12. The zero-order chi connectivity index (χ0) is 12.9. The maximum Gasteiger partial charge on any atom is 0.00921 e. The second-order valence-electron chi connectivity index (χ2n) is 5.38. The van der Waals surface area contributed by atoms with E-state index in [1.807, 2.05) is 0 Å². The summed E-state index contributed by atoms with van der Waals surface area (Å²) in [7, 11) is 2.13. The highest BCUT2D eigenvalue weighted by molar-refractivity contribution is 4.73. The van der Waals surface area contributed by atoms with Crippen LogP contribution in [0.25, 0.3) is 0 Å². The molecule has 0 aliphatic carbocycles. The molecule has 0 aliphatic rings. The molecule has 1 N–H and O–H groups in total. The summed E-state index contributed by atoms with van der Waals surface area (Å²) < 4.78 is 0. The van der Waals surface area contributed by atoms with E-state index in [4.69, 9.17) is 0 Å². The van der Waals surface area contributed by atoms with E-state index in [0.717, 1.165) is 12.0 Å². The highest BCUT2D eigenvalue weighted by atomic mass is 14.9. The lowest BCUT2D eigenvalue weighted by Crippen LogP contribution is -2.32. The molecule has 1 atom stereocenters. The SMILES string of the molecule is CCCCCCCCCC(NC)C(CC)CC. The van der Waals surface area contributed by atoms with Crippen molar-refractivity contribution < 1.29 is 0 Å². The Morgan fingerprint density at radius 2 is 1.29 bits per heavy atom. The van der Waals surface area contributed by atoms with Gasteiger partial charge in [0.25, 0.3) is 0 Å². The van der Waals surface area contributed by atoms with Gasteiger partial charge in [-0.1, -0.05) is 78.6 Å². The van der Waals surface area contributed by atoms with Crippen molar-refractivity contribution in [2.45, 2.75) is 91.0 Å². The number of hydrogen-bond donors (Lipinski definition) is 1. The summed E-state index contributed by atoms with van der Waals surface area (Å²) in [5.74, 6) is 0.875. The van der Waals surface area contributed by atoms with Crippen molar-refractivity contribution in [1.82, 2.24) is 5.32 Å². The molecule has 17 heavy (non-hydrogen) atoms. The van der Waals surface area contributed by atoms with Crippen LogP contribution in [0.1, 0.15) is 85.0 Å². The Bertz CT molecular complexity index is 140. The quantitative estimate of drug-likeness (QED) is 0.466. The van der Waals surface area contributed by atoms with E-state index in [0.29, 0.717) is 0 Å². The molecule has 0 aromatic carbocycles.